The molecule has 0 saturated carbocycles. The monoisotopic (exact) mass is 268 g/mol. The van der Waals surface area contributed by atoms with Gasteiger partial charge in [0.2, 0.25) is 0 Å². The summed E-state index contributed by atoms with van der Waals surface area (Å²) in [5, 5.41) is 18.2. The van der Waals surface area contributed by atoms with Gasteiger partial charge in [-0.3, -0.25) is 10.1 Å². The first-order valence-electron chi connectivity index (χ1n) is 4.86. The summed E-state index contributed by atoms with van der Waals surface area (Å²) in [6.45, 7) is 0.340. The zero-order chi connectivity index (χ0) is 12.3. The second-order valence-corrected chi connectivity index (χ2v) is 4.55. The van der Waals surface area contributed by atoms with Crippen LogP contribution in [-0.2, 0) is 6.54 Å². The molecule has 17 heavy (non-hydrogen) atoms. The zero-order valence-corrected chi connectivity index (χ0v) is 10.3. The highest BCUT2D eigenvalue weighted by molar-refractivity contribution is 7.08. The number of thiophene rings is 1. The van der Waals surface area contributed by atoms with Gasteiger partial charge in [-0.05, 0) is 17.5 Å². The molecule has 2 rings (SSSR count). The lowest BCUT2D eigenvalue weighted by Crippen LogP contribution is -2.03. The van der Waals surface area contributed by atoms with Crippen molar-refractivity contribution in [2.75, 3.05) is 5.32 Å². The quantitative estimate of drug-likeness (QED) is 0.675. The topological polar surface area (TPSA) is 55.2 Å². The highest BCUT2D eigenvalue weighted by Gasteiger charge is 2.15. The Hall–Kier alpha value is -1.59. The molecule has 0 bridgehead atoms. The normalized spacial score (nSPS) is 10.2. The van der Waals surface area contributed by atoms with Gasteiger partial charge in [0.25, 0.3) is 5.69 Å². The van der Waals surface area contributed by atoms with Gasteiger partial charge in [-0.1, -0.05) is 17.7 Å². The molecule has 0 aliphatic rings. The predicted octanol–water partition coefficient (Wildman–Crippen LogP) is 3.92. The summed E-state index contributed by atoms with van der Waals surface area (Å²) >= 11 is 7.53. The highest BCUT2D eigenvalue weighted by atomic mass is 35.5. The molecule has 2 aromatic rings. The van der Waals surface area contributed by atoms with Crippen molar-refractivity contribution in [2.45, 2.75) is 6.54 Å². The molecule has 0 unspecified atom stereocenters. The summed E-state index contributed by atoms with van der Waals surface area (Å²) in [5.41, 5.74) is 1.48. The Bertz CT molecular complexity index is 528. The smallest absolute Gasteiger partial charge is 0.275 e. The lowest BCUT2D eigenvalue weighted by atomic mass is 10.2. The molecule has 1 heterocycles. The van der Waals surface area contributed by atoms with E-state index in [9.17, 15) is 10.1 Å². The molecule has 0 radical (unpaired) electrons. The summed E-state index contributed by atoms with van der Waals surface area (Å²) in [6, 6.07) is 6.59. The van der Waals surface area contributed by atoms with Crippen molar-refractivity contribution in [3.8, 4) is 0 Å². The van der Waals surface area contributed by atoms with Gasteiger partial charge < -0.3 is 5.32 Å². The Balaban J connectivity index is 2.22. The Morgan fingerprint density at radius 3 is 2.88 bits per heavy atom. The average Bonchev–Trinajstić information content (AvgIpc) is 2.80. The maximum atomic E-state index is 10.9. The predicted molar refractivity (Wildman–Crippen MR) is 69.8 cm³/mol. The van der Waals surface area contributed by atoms with Crippen molar-refractivity contribution in [1.82, 2.24) is 0 Å². The fourth-order valence-corrected chi connectivity index (χ4v) is 2.30. The minimum Gasteiger partial charge on any atom is -0.380 e. The maximum absolute atomic E-state index is 10.9. The van der Waals surface area contributed by atoms with Gasteiger partial charge in [0.05, 0.1) is 15.5 Å². The molecule has 0 spiro atoms. The Labute approximate surface area is 107 Å². The van der Waals surface area contributed by atoms with E-state index in [1.54, 1.807) is 23.5 Å². The van der Waals surface area contributed by atoms with E-state index in [-0.39, 0.29) is 5.69 Å². The van der Waals surface area contributed by atoms with Crippen molar-refractivity contribution < 1.29 is 4.92 Å². The number of rotatable bonds is 4. The van der Waals surface area contributed by atoms with Gasteiger partial charge in [-0.15, -0.1) is 0 Å². The molecule has 0 aliphatic heterocycles. The lowest BCUT2D eigenvalue weighted by Gasteiger charge is -2.06. The molecule has 0 saturated heterocycles. The van der Waals surface area contributed by atoms with Gasteiger partial charge in [-0.25, -0.2) is 0 Å². The van der Waals surface area contributed by atoms with Crippen LogP contribution in [0.1, 0.15) is 5.56 Å². The Kier molecular flexibility index (Phi) is 3.61. The van der Waals surface area contributed by atoms with Crippen LogP contribution in [0.4, 0.5) is 11.4 Å². The average molecular weight is 269 g/mol. The number of benzene rings is 1. The van der Waals surface area contributed by atoms with Gasteiger partial charge in [0.15, 0.2) is 0 Å². The second-order valence-electron chi connectivity index (χ2n) is 3.36. The fourth-order valence-electron chi connectivity index (χ4n) is 1.45. The highest BCUT2D eigenvalue weighted by Crippen LogP contribution is 2.27. The van der Waals surface area contributed by atoms with Crippen molar-refractivity contribution in [1.29, 1.82) is 0 Å². The fraction of sp³-hybridized carbons (Fsp3) is 0.0909. The zero-order valence-electron chi connectivity index (χ0n) is 8.72. The van der Waals surface area contributed by atoms with Crippen LogP contribution in [0.3, 0.4) is 0 Å². The van der Waals surface area contributed by atoms with Crippen molar-refractivity contribution in [3.63, 3.8) is 0 Å². The third-order valence-corrected chi connectivity index (χ3v) is 3.32. The Morgan fingerprint density at radius 2 is 2.24 bits per heavy atom. The van der Waals surface area contributed by atoms with E-state index in [0.717, 1.165) is 5.69 Å². The number of nitro benzene ring substituents is 1. The van der Waals surface area contributed by atoms with E-state index in [2.05, 4.69) is 5.32 Å². The van der Waals surface area contributed by atoms with Gasteiger partial charge in [0.1, 0.15) is 0 Å². The SMILES string of the molecule is O=[N+]([O-])c1cccc(Cl)c1CNc1ccsc1. The van der Waals surface area contributed by atoms with Crippen LogP contribution in [0.5, 0.6) is 0 Å². The molecule has 4 nitrogen and oxygen atoms in total. The van der Waals surface area contributed by atoms with Crippen molar-refractivity contribution in [3.05, 3.63) is 55.7 Å². The standard InChI is InChI=1S/C11H9ClN2O2S/c12-10-2-1-3-11(14(15)16)9(10)6-13-8-4-5-17-7-8/h1-5,7,13H,6H2. The number of anilines is 1. The third-order valence-electron chi connectivity index (χ3n) is 2.28. The van der Waals surface area contributed by atoms with E-state index < -0.39 is 4.92 Å². The summed E-state index contributed by atoms with van der Waals surface area (Å²) in [4.78, 5) is 10.4. The van der Waals surface area contributed by atoms with Crippen LogP contribution in [0.15, 0.2) is 35.0 Å². The van der Waals surface area contributed by atoms with Crippen molar-refractivity contribution in [2.24, 2.45) is 0 Å². The molecular weight excluding hydrogens is 260 g/mol. The first-order valence-corrected chi connectivity index (χ1v) is 6.18. The number of hydrogen-bond donors (Lipinski definition) is 1. The van der Waals surface area contributed by atoms with Gasteiger partial charge in [-0.2, -0.15) is 11.3 Å². The van der Waals surface area contributed by atoms with E-state index >= 15 is 0 Å². The van der Waals surface area contributed by atoms with Crippen LogP contribution in [-0.4, -0.2) is 4.92 Å². The summed E-state index contributed by atoms with van der Waals surface area (Å²) in [6.07, 6.45) is 0. The molecule has 1 aromatic heterocycles. The summed E-state index contributed by atoms with van der Waals surface area (Å²) < 4.78 is 0. The largest absolute Gasteiger partial charge is 0.380 e. The van der Waals surface area contributed by atoms with Crippen LogP contribution in [0.2, 0.25) is 5.02 Å². The number of nitro groups is 1. The lowest BCUT2D eigenvalue weighted by molar-refractivity contribution is -0.385. The Morgan fingerprint density at radius 1 is 1.41 bits per heavy atom. The summed E-state index contributed by atoms with van der Waals surface area (Å²) in [5.74, 6) is 0. The second kappa shape index (κ2) is 5.16. The van der Waals surface area contributed by atoms with E-state index in [0.29, 0.717) is 17.1 Å². The molecule has 1 N–H and O–H groups in total. The van der Waals surface area contributed by atoms with E-state index in [4.69, 9.17) is 11.6 Å². The van der Waals surface area contributed by atoms with Crippen LogP contribution in [0.25, 0.3) is 0 Å². The third kappa shape index (κ3) is 2.75. The number of nitrogens with one attached hydrogen (secondary N) is 1. The van der Waals surface area contributed by atoms with Gasteiger partial charge in [0, 0.05) is 23.7 Å². The number of halogens is 1. The molecule has 6 heteroatoms. The van der Waals surface area contributed by atoms with Crippen LogP contribution >= 0.6 is 22.9 Å². The van der Waals surface area contributed by atoms with Crippen LogP contribution < -0.4 is 5.32 Å². The minimum absolute atomic E-state index is 0.0419. The number of hydrogen-bond acceptors (Lipinski definition) is 4. The molecule has 0 aliphatic carbocycles. The first kappa shape index (κ1) is 11.9. The summed E-state index contributed by atoms with van der Waals surface area (Å²) in [7, 11) is 0. The molecular formula is C11H9ClN2O2S. The molecule has 88 valence electrons. The first-order chi connectivity index (χ1) is 8.18. The van der Waals surface area contributed by atoms with Gasteiger partial charge >= 0.3 is 0 Å². The number of nitrogens with zero attached hydrogens (tertiary/aromatic N) is 1. The minimum atomic E-state index is -0.420. The van der Waals surface area contributed by atoms with Crippen LogP contribution in [0, 0.1) is 10.1 Å². The molecule has 0 fully saturated rings. The molecule has 0 atom stereocenters. The maximum Gasteiger partial charge on any atom is 0.275 e. The van der Waals surface area contributed by atoms with E-state index in [1.807, 2.05) is 16.8 Å². The molecule has 1 aromatic carbocycles. The molecule has 0 amide bonds. The van der Waals surface area contributed by atoms with E-state index in [1.165, 1.54) is 6.07 Å². The van der Waals surface area contributed by atoms with Crippen molar-refractivity contribution >= 4 is 34.3 Å².